The highest BCUT2D eigenvalue weighted by Gasteiger charge is 2.55. The van der Waals surface area contributed by atoms with E-state index < -0.39 is 118 Å². The number of likely N-dealkylation sites (tertiary alicyclic amines) is 1. The van der Waals surface area contributed by atoms with Gasteiger partial charge < -0.3 is 33.3 Å². The van der Waals surface area contributed by atoms with Crippen LogP contribution in [0.15, 0.2) is 52.2 Å². The molecule has 2 aliphatic rings. The van der Waals surface area contributed by atoms with Crippen molar-refractivity contribution >= 4 is 25.6 Å². The third-order valence-electron chi connectivity index (χ3n) is 7.97. The van der Waals surface area contributed by atoms with Crippen LogP contribution < -0.4 is 20.9 Å². The summed E-state index contributed by atoms with van der Waals surface area (Å²) in [5, 5.41) is 13.5. The van der Waals surface area contributed by atoms with Crippen molar-refractivity contribution in [3.8, 4) is 5.75 Å². The summed E-state index contributed by atoms with van der Waals surface area (Å²) in [5.74, 6) is -1.63. The predicted octanol–water partition coefficient (Wildman–Crippen LogP) is 1.85. The molecule has 0 saturated carbocycles. The number of ether oxygens (including phenoxy) is 5. The van der Waals surface area contributed by atoms with Crippen LogP contribution in [0.5, 0.6) is 5.75 Å². The van der Waals surface area contributed by atoms with Crippen molar-refractivity contribution < 1.29 is 61.0 Å². The van der Waals surface area contributed by atoms with E-state index in [1.54, 1.807) is 32.0 Å². The van der Waals surface area contributed by atoms with Gasteiger partial charge in [0, 0.05) is 18.7 Å². The molecular formula is C31H41F2N4O13P. The SMILES string of the molecule is COC(=O)N1CC(F)CC1C(=O)OCn1c(=O)ccn([C@@H]2O[C@H](COCP(=O)(N[C@@H](C)C(=O)OC(C)C)Oc3ccccc3)[C@@H](O)[C@@]2(C)F)c1=O. The van der Waals surface area contributed by atoms with E-state index in [1.807, 2.05) is 0 Å². The Morgan fingerprint density at radius 2 is 1.84 bits per heavy atom. The maximum absolute atomic E-state index is 16.0. The minimum atomic E-state index is -4.02. The van der Waals surface area contributed by atoms with Crippen LogP contribution in [0.4, 0.5) is 13.6 Å². The maximum Gasteiger partial charge on any atom is 0.410 e. The molecule has 282 valence electrons. The van der Waals surface area contributed by atoms with Gasteiger partial charge in [-0.1, -0.05) is 18.2 Å². The Morgan fingerprint density at radius 1 is 1.16 bits per heavy atom. The monoisotopic (exact) mass is 746 g/mol. The number of nitrogens with zero attached hydrogens (tertiary/aromatic N) is 3. The van der Waals surface area contributed by atoms with E-state index in [2.05, 4.69) is 9.82 Å². The van der Waals surface area contributed by atoms with Crippen molar-refractivity contribution in [2.45, 2.75) is 89.3 Å². The van der Waals surface area contributed by atoms with Crippen LogP contribution in [-0.4, -0.2) is 106 Å². The van der Waals surface area contributed by atoms with E-state index >= 15 is 4.39 Å². The second-order valence-electron chi connectivity index (χ2n) is 12.4. The van der Waals surface area contributed by atoms with Gasteiger partial charge in [-0.25, -0.2) is 32.8 Å². The average Bonchev–Trinajstić information content (AvgIpc) is 3.56. The van der Waals surface area contributed by atoms with Crippen LogP contribution in [0.25, 0.3) is 0 Å². The molecule has 2 N–H and O–H groups in total. The number of hydrogen-bond donors (Lipinski definition) is 2. The molecule has 0 spiro atoms. The van der Waals surface area contributed by atoms with Crippen molar-refractivity contribution in [2.24, 2.45) is 0 Å². The fourth-order valence-corrected chi connectivity index (χ4v) is 7.13. The molecule has 0 bridgehead atoms. The number of methoxy groups -OCH3 is 1. The number of aliphatic hydroxyl groups is 1. The highest BCUT2D eigenvalue weighted by Crippen LogP contribution is 2.45. The molecule has 2 aliphatic heterocycles. The Balaban J connectivity index is 1.46. The predicted molar refractivity (Wildman–Crippen MR) is 172 cm³/mol. The highest BCUT2D eigenvalue weighted by atomic mass is 31.2. The first-order chi connectivity index (χ1) is 24.0. The van der Waals surface area contributed by atoms with Crippen molar-refractivity contribution in [1.82, 2.24) is 19.1 Å². The lowest BCUT2D eigenvalue weighted by Crippen LogP contribution is -2.47. The second kappa shape index (κ2) is 16.5. The Bertz CT molecular complexity index is 1720. The summed E-state index contributed by atoms with van der Waals surface area (Å²) in [7, 11) is -2.98. The molecule has 3 unspecified atom stereocenters. The van der Waals surface area contributed by atoms with Gasteiger partial charge in [-0.2, -0.15) is 0 Å². The number of benzene rings is 1. The van der Waals surface area contributed by atoms with Gasteiger partial charge in [-0.05, 0) is 39.8 Å². The van der Waals surface area contributed by atoms with Gasteiger partial charge in [0.15, 0.2) is 18.6 Å². The molecule has 8 atom stereocenters. The third-order valence-corrected chi connectivity index (χ3v) is 9.78. The summed E-state index contributed by atoms with van der Waals surface area (Å²) in [6.45, 7) is 3.69. The van der Waals surface area contributed by atoms with Crippen molar-refractivity contribution in [3.05, 3.63) is 63.4 Å². The number of esters is 2. The van der Waals surface area contributed by atoms with Gasteiger partial charge in [0.2, 0.25) is 0 Å². The molecule has 4 rings (SSSR count). The first kappa shape index (κ1) is 39.6. The van der Waals surface area contributed by atoms with Gasteiger partial charge in [0.1, 0.15) is 42.6 Å². The maximum atomic E-state index is 16.0. The normalized spacial score (nSPS) is 26.4. The Morgan fingerprint density at radius 3 is 2.49 bits per heavy atom. The van der Waals surface area contributed by atoms with Crippen LogP contribution in [0.3, 0.4) is 0 Å². The second-order valence-corrected chi connectivity index (χ2v) is 14.4. The molecule has 1 amide bonds. The van der Waals surface area contributed by atoms with Crippen LogP contribution in [0.2, 0.25) is 0 Å². The van der Waals surface area contributed by atoms with Gasteiger partial charge in [-0.3, -0.25) is 23.6 Å². The zero-order chi connectivity index (χ0) is 37.7. The van der Waals surface area contributed by atoms with E-state index in [4.69, 9.17) is 23.5 Å². The minimum absolute atomic E-state index is 0.186. The Hall–Kier alpha value is -4.16. The van der Waals surface area contributed by atoms with E-state index in [1.165, 1.54) is 19.1 Å². The quantitative estimate of drug-likeness (QED) is 0.161. The molecule has 2 aromatic rings. The van der Waals surface area contributed by atoms with Gasteiger partial charge in [-0.15, -0.1) is 0 Å². The average molecular weight is 747 g/mol. The lowest BCUT2D eigenvalue weighted by Gasteiger charge is -2.25. The number of aliphatic hydroxyl groups excluding tert-OH is 1. The number of hydrogen-bond acceptors (Lipinski definition) is 13. The standard InChI is InChI=1S/C31H41F2N4O13P/c1-18(2)48-26(40)19(3)34-51(44,50-21-9-7-6-8-10-21)17-46-15-23-25(39)31(4,33)28(49-23)35-12-11-24(38)37(29(35)42)16-47-27(41)22-13-20(32)14-36(22)30(43)45-5/h6-12,18-20,22-23,25,28,39H,13-17H2,1-5H3,(H,34,44)/t19-,20?,22?,23+,25+,28+,31+,51?/m0/s1. The Labute approximate surface area is 290 Å². The summed E-state index contributed by atoms with van der Waals surface area (Å²) < 4.78 is 76.7. The lowest BCUT2D eigenvalue weighted by molar-refractivity contribution is -0.153. The van der Waals surface area contributed by atoms with E-state index in [9.17, 15) is 38.0 Å². The molecule has 20 heteroatoms. The number of amides is 1. The first-order valence-electron chi connectivity index (χ1n) is 15.9. The summed E-state index contributed by atoms with van der Waals surface area (Å²) >= 11 is 0. The summed E-state index contributed by atoms with van der Waals surface area (Å²) in [4.78, 5) is 63.8. The number of para-hydroxylation sites is 1. The minimum Gasteiger partial charge on any atom is -0.462 e. The number of halogens is 2. The van der Waals surface area contributed by atoms with E-state index in [0.29, 0.717) is 9.13 Å². The molecule has 51 heavy (non-hydrogen) atoms. The van der Waals surface area contributed by atoms with Crippen molar-refractivity contribution in [1.29, 1.82) is 0 Å². The number of alkyl halides is 2. The number of rotatable bonds is 14. The van der Waals surface area contributed by atoms with Gasteiger partial charge >= 0.3 is 31.2 Å². The molecule has 2 fully saturated rings. The van der Waals surface area contributed by atoms with Crippen LogP contribution in [-0.2, 0) is 44.6 Å². The first-order valence-corrected chi connectivity index (χ1v) is 17.7. The fraction of sp³-hybridized carbons (Fsp3) is 0.581. The molecule has 3 heterocycles. The molecular weight excluding hydrogens is 705 g/mol. The van der Waals surface area contributed by atoms with E-state index in [0.717, 1.165) is 31.2 Å². The van der Waals surface area contributed by atoms with Crippen LogP contribution >= 0.6 is 7.52 Å². The van der Waals surface area contributed by atoms with Crippen molar-refractivity contribution in [3.63, 3.8) is 0 Å². The zero-order valence-electron chi connectivity index (χ0n) is 28.5. The molecule has 1 aromatic carbocycles. The molecule has 2 saturated heterocycles. The van der Waals surface area contributed by atoms with E-state index in [-0.39, 0.29) is 5.75 Å². The molecule has 1 aromatic heterocycles. The van der Waals surface area contributed by atoms with Gasteiger partial charge in [0.05, 0.1) is 26.4 Å². The summed E-state index contributed by atoms with van der Waals surface area (Å²) in [5.41, 5.74) is -4.80. The van der Waals surface area contributed by atoms with Crippen molar-refractivity contribution in [2.75, 3.05) is 26.6 Å². The highest BCUT2D eigenvalue weighted by molar-refractivity contribution is 7.57. The smallest absolute Gasteiger partial charge is 0.410 e. The largest absolute Gasteiger partial charge is 0.462 e. The topological polar surface area (TPSA) is 203 Å². The molecule has 17 nitrogen and oxygen atoms in total. The van der Waals surface area contributed by atoms with Gasteiger partial charge in [0.25, 0.3) is 5.56 Å². The Kier molecular flexibility index (Phi) is 12.8. The molecule has 0 aliphatic carbocycles. The lowest BCUT2D eigenvalue weighted by atomic mass is 9.98. The molecule has 0 radical (unpaired) electrons. The number of carbonyl (C=O) groups excluding carboxylic acids is 3. The van der Waals surface area contributed by atoms with Crippen LogP contribution in [0.1, 0.15) is 40.3 Å². The fourth-order valence-electron chi connectivity index (χ4n) is 5.44. The summed E-state index contributed by atoms with van der Waals surface area (Å²) in [6.07, 6.45) is -8.28. The third kappa shape index (κ3) is 9.39. The van der Waals surface area contributed by atoms with Crippen LogP contribution in [0, 0.1) is 0 Å². The zero-order valence-corrected chi connectivity index (χ0v) is 29.4. The number of nitrogens with one attached hydrogen (secondary N) is 1. The number of aromatic nitrogens is 2. The number of carbonyl (C=O) groups is 3. The summed E-state index contributed by atoms with van der Waals surface area (Å²) in [6, 6.07) is 6.42.